The van der Waals surface area contributed by atoms with Crippen LogP contribution in [0.3, 0.4) is 0 Å². The summed E-state index contributed by atoms with van der Waals surface area (Å²) in [5.74, 6) is 4.96. The van der Waals surface area contributed by atoms with Crippen LogP contribution in [0.15, 0.2) is 97.1 Å². The highest BCUT2D eigenvalue weighted by Crippen LogP contribution is 2.44. The summed E-state index contributed by atoms with van der Waals surface area (Å²) in [7, 11) is 0. The van der Waals surface area contributed by atoms with E-state index in [1.54, 1.807) is 30.3 Å². The zero-order valence-corrected chi connectivity index (χ0v) is 18.7. The van der Waals surface area contributed by atoms with Gasteiger partial charge in [0.2, 0.25) is 0 Å². The Hall–Kier alpha value is -4.82. The first kappa shape index (κ1) is 22.0. The molecule has 0 unspecified atom stereocenters. The summed E-state index contributed by atoms with van der Waals surface area (Å²) >= 11 is 0. The van der Waals surface area contributed by atoms with Crippen LogP contribution in [0.2, 0.25) is 0 Å². The van der Waals surface area contributed by atoms with E-state index in [1.807, 2.05) is 30.3 Å². The van der Waals surface area contributed by atoms with Crippen LogP contribution in [0.4, 0.5) is 10.5 Å². The predicted octanol–water partition coefficient (Wildman–Crippen LogP) is 6.15. The zero-order chi connectivity index (χ0) is 24.2. The smallest absolute Gasteiger partial charge is 0.411 e. The number of hydrogen-bond donors (Lipinski definition) is 2. The second kappa shape index (κ2) is 9.58. The van der Waals surface area contributed by atoms with E-state index in [1.165, 1.54) is 23.3 Å². The van der Waals surface area contributed by atoms with Gasteiger partial charge in [-0.25, -0.2) is 9.59 Å². The average molecular weight is 460 g/mol. The summed E-state index contributed by atoms with van der Waals surface area (Å²) in [4.78, 5) is 23.7. The topological polar surface area (TPSA) is 75.6 Å². The number of amides is 1. The Morgan fingerprint density at radius 1 is 0.771 bits per heavy atom. The van der Waals surface area contributed by atoms with E-state index >= 15 is 0 Å². The van der Waals surface area contributed by atoms with Crippen LogP contribution in [-0.2, 0) is 4.74 Å². The molecule has 4 aromatic rings. The van der Waals surface area contributed by atoms with Crippen LogP contribution in [-0.4, -0.2) is 23.8 Å². The van der Waals surface area contributed by atoms with Crippen molar-refractivity contribution >= 4 is 17.7 Å². The van der Waals surface area contributed by atoms with Gasteiger partial charge in [0.15, 0.2) is 0 Å². The Morgan fingerprint density at radius 2 is 1.37 bits per heavy atom. The van der Waals surface area contributed by atoms with Gasteiger partial charge < -0.3 is 9.84 Å². The van der Waals surface area contributed by atoms with Gasteiger partial charge >= 0.3 is 12.1 Å². The fourth-order valence-corrected chi connectivity index (χ4v) is 4.30. The Kier molecular flexibility index (Phi) is 6.02. The molecule has 5 nitrogen and oxygen atoms in total. The molecule has 1 aliphatic rings. The van der Waals surface area contributed by atoms with E-state index in [2.05, 4.69) is 41.4 Å². The van der Waals surface area contributed by atoms with Gasteiger partial charge in [-0.15, -0.1) is 0 Å². The molecule has 0 saturated heterocycles. The van der Waals surface area contributed by atoms with Crippen LogP contribution in [0, 0.1) is 11.8 Å². The second-order valence-electron chi connectivity index (χ2n) is 8.17. The van der Waals surface area contributed by atoms with Crippen molar-refractivity contribution in [3.8, 4) is 23.0 Å². The quantitative estimate of drug-likeness (QED) is 0.359. The SMILES string of the molecule is O=C(Nc1cccc(C#Cc2cccc(C(=O)O)c2)c1)OCC1c2ccccc2-c2ccccc21. The van der Waals surface area contributed by atoms with Gasteiger partial charge in [0, 0.05) is 22.7 Å². The van der Waals surface area contributed by atoms with E-state index in [9.17, 15) is 9.59 Å². The lowest BCUT2D eigenvalue weighted by Gasteiger charge is -2.14. The molecule has 0 aliphatic heterocycles. The molecular weight excluding hydrogens is 438 g/mol. The maximum atomic E-state index is 12.6. The highest BCUT2D eigenvalue weighted by molar-refractivity contribution is 5.88. The molecule has 1 amide bonds. The van der Waals surface area contributed by atoms with Crippen LogP contribution >= 0.6 is 0 Å². The van der Waals surface area contributed by atoms with Crippen molar-refractivity contribution in [2.45, 2.75) is 5.92 Å². The number of aromatic carboxylic acids is 1. The molecule has 0 radical (unpaired) electrons. The van der Waals surface area contributed by atoms with Gasteiger partial charge in [0.1, 0.15) is 6.61 Å². The van der Waals surface area contributed by atoms with Crippen molar-refractivity contribution < 1.29 is 19.4 Å². The molecule has 170 valence electrons. The Bertz CT molecular complexity index is 1450. The first-order chi connectivity index (χ1) is 17.1. The van der Waals surface area contributed by atoms with Crippen molar-refractivity contribution in [1.29, 1.82) is 0 Å². The zero-order valence-electron chi connectivity index (χ0n) is 18.7. The molecule has 5 rings (SSSR count). The summed E-state index contributed by atoms with van der Waals surface area (Å²) in [6.45, 7) is 0.235. The van der Waals surface area contributed by atoms with Gasteiger partial charge in [-0.1, -0.05) is 72.5 Å². The number of nitrogens with one attached hydrogen (secondary N) is 1. The van der Waals surface area contributed by atoms with Gasteiger partial charge in [0.05, 0.1) is 5.56 Å². The normalized spacial score (nSPS) is 11.5. The Balaban J connectivity index is 1.25. The van der Waals surface area contributed by atoms with Gasteiger partial charge in [0.25, 0.3) is 0 Å². The monoisotopic (exact) mass is 459 g/mol. The summed E-state index contributed by atoms with van der Waals surface area (Å²) < 4.78 is 5.61. The molecule has 0 bridgehead atoms. The predicted molar refractivity (Wildman–Crippen MR) is 135 cm³/mol. The molecule has 0 heterocycles. The number of carboxylic acid groups (broad SMARTS) is 1. The minimum absolute atomic E-state index is 0.00748. The summed E-state index contributed by atoms with van der Waals surface area (Å²) in [6, 6.07) is 29.9. The summed E-state index contributed by atoms with van der Waals surface area (Å²) in [5, 5.41) is 11.9. The largest absolute Gasteiger partial charge is 0.478 e. The third-order valence-corrected chi connectivity index (χ3v) is 5.91. The van der Waals surface area contributed by atoms with Crippen molar-refractivity contribution in [3.63, 3.8) is 0 Å². The van der Waals surface area contributed by atoms with Crippen LogP contribution in [0.25, 0.3) is 11.1 Å². The highest BCUT2D eigenvalue weighted by atomic mass is 16.5. The molecule has 1 aliphatic carbocycles. The molecule has 0 spiro atoms. The first-order valence-corrected chi connectivity index (χ1v) is 11.2. The maximum absolute atomic E-state index is 12.6. The maximum Gasteiger partial charge on any atom is 0.411 e. The standard InChI is InChI=1S/C30H21NO4/c32-29(33)22-9-5-7-20(17-22)15-16-21-8-6-10-23(18-21)31-30(34)35-19-28-26-13-3-1-11-24(26)25-12-2-4-14-27(25)28/h1-14,17-18,28H,19H2,(H,31,34)(H,32,33). The molecule has 35 heavy (non-hydrogen) atoms. The van der Waals surface area contributed by atoms with Crippen LogP contribution in [0.1, 0.15) is 38.5 Å². The Labute approximate surface area is 203 Å². The van der Waals surface area contributed by atoms with Crippen molar-refractivity contribution in [2.75, 3.05) is 11.9 Å². The lowest BCUT2D eigenvalue weighted by atomic mass is 9.98. The fourth-order valence-electron chi connectivity index (χ4n) is 4.30. The van der Waals surface area contributed by atoms with Crippen LogP contribution in [0.5, 0.6) is 0 Å². The minimum atomic E-state index is -0.997. The average Bonchev–Trinajstić information content (AvgIpc) is 3.20. The number of benzene rings is 4. The van der Waals surface area contributed by atoms with E-state index in [0.717, 1.165) is 11.1 Å². The van der Waals surface area contributed by atoms with E-state index in [-0.39, 0.29) is 18.1 Å². The number of carboxylic acids is 1. The van der Waals surface area contributed by atoms with E-state index < -0.39 is 12.1 Å². The molecule has 5 heteroatoms. The first-order valence-electron chi connectivity index (χ1n) is 11.2. The second-order valence-corrected chi connectivity index (χ2v) is 8.17. The number of hydrogen-bond acceptors (Lipinski definition) is 3. The Morgan fingerprint density at radius 3 is 2.03 bits per heavy atom. The number of fused-ring (bicyclic) bond motifs is 3. The van der Waals surface area contributed by atoms with Gasteiger partial charge in [-0.3, -0.25) is 5.32 Å². The fraction of sp³-hybridized carbons (Fsp3) is 0.0667. The molecule has 0 aromatic heterocycles. The summed E-state index contributed by atoms with van der Waals surface area (Å²) in [6.07, 6.45) is -0.536. The minimum Gasteiger partial charge on any atom is -0.478 e. The number of rotatable bonds is 4. The van der Waals surface area contributed by atoms with Crippen molar-refractivity contribution in [2.24, 2.45) is 0 Å². The van der Waals surface area contributed by atoms with Crippen molar-refractivity contribution in [1.82, 2.24) is 0 Å². The lowest BCUT2D eigenvalue weighted by molar-refractivity contribution is 0.0696. The molecular formula is C30H21NO4. The molecule has 0 fully saturated rings. The molecule has 0 atom stereocenters. The third-order valence-electron chi connectivity index (χ3n) is 5.91. The van der Waals surface area contributed by atoms with Crippen molar-refractivity contribution in [3.05, 3.63) is 125 Å². The molecule has 4 aromatic carbocycles. The number of carbonyl (C=O) groups is 2. The van der Waals surface area contributed by atoms with Gasteiger partial charge in [-0.05, 0) is 58.7 Å². The molecule has 0 saturated carbocycles. The number of anilines is 1. The van der Waals surface area contributed by atoms with Gasteiger partial charge in [-0.2, -0.15) is 0 Å². The molecule has 2 N–H and O–H groups in total. The highest BCUT2D eigenvalue weighted by Gasteiger charge is 2.28. The third kappa shape index (κ3) is 4.78. The lowest BCUT2D eigenvalue weighted by Crippen LogP contribution is -2.17. The number of carbonyl (C=O) groups excluding carboxylic acids is 1. The summed E-state index contributed by atoms with van der Waals surface area (Å²) in [5.41, 5.74) is 6.70. The van der Waals surface area contributed by atoms with E-state index in [0.29, 0.717) is 16.8 Å². The number of ether oxygens (including phenoxy) is 1. The van der Waals surface area contributed by atoms with E-state index in [4.69, 9.17) is 9.84 Å². The van der Waals surface area contributed by atoms with Crippen LogP contribution < -0.4 is 5.32 Å².